The van der Waals surface area contributed by atoms with Crippen LogP contribution in [0.25, 0.3) is 0 Å². The standard InChI is InChI=1S/C13H21NO2/c1-9(2)13(8-15)14-10(3)11-5-4-6-12(16)7-11/h4-7,9-10,13-16H,8H2,1-3H3. The first-order valence-corrected chi connectivity index (χ1v) is 5.70. The topological polar surface area (TPSA) is 52.5 Å². The van der Waals surface area contributed by atoms with E-state index in [1.807, 2.05) is 19.1 Å². The van der Waals surface area contributed by atoms with Gasteiger partial charge in [0, 0.05) is 12.1 Å². The molecule has 0 heterocycles. The van der Waals surface area contributed by atoms with Crippen LogP contribution in [0.3, 0.4) is 0 Å². The van der Waals surface area contributed by atoms with Crippen molar-refractivity contribution in [3.8, 4) is 5.75 Å². The van der Waals surface area contributed by atoms with Crippen molar-refractivity contribution in [2.75, 3.05) is 6.61 Å². The highest BCUT2D eigenvalue weighted by atomic mass is 16.3. The Morgan fingerprint density at radius 2 is 1.94 bits per heavy atom. The van der Waals surface area contributed by atoms with E-state index in [0.29, 0.717) is 5.92 Å². The zero-order valence-corrected chi connectivity index (χ0v) is 10.1. The molecule has 0 aliphatic carbocycles. The van der Waals surface area contributed by atoms with Crippen molar-refractivity contribution in [1.29, 1.82) is 0 Å². The molecule has 16 heavy (non-hydrogen) atoms. The Kier molecular flexibility index (Phi) is 4.77. The Morgan fingerprint density at radius 3 is 2.44 bits per heavy atom. The van der Waals surface area contributed by atoms with Crippen LogP contribution in [0, 0.1) is 5.92 Å². The minimum absolute atomic E-state index is 0.0809. The van der Waals surface area contributed by atoms with Gasteiger partial charge in [0.05, 0.1) is 6.61 Å². The van der Waals surface area contributed by atoms with Gasteiger partial charge in [-0.2, -0.15) is 0 Å². The molecule has 0 saturated heterocycles. The second-order valence-corrected chi connectivity index (χ2v) is 4.52. The Bertz CT molecular complexity index is 325. The minimum Gasteiger partial charge on any atom is -0.508 e. The van der Waals surface area contributed by atoms with Crippen LogP contribution in [-0.2, 0) is 0 Å². The molecule has 0 fully saturated rings. The minimum atomic E-state index is 0.0809. The van der Waals surface area contributed by atoms with Crippen LogP contribution in [0.4, 0.5) is 0 Å². The van der Waals surface area contributed by atoms with Crippen LogP contribution in [0.15, 0.2) is 24.3 Å². The zero-order chi connectivity index (χ0) is 12.1. The second-order valence-electron chi connectivity index (χ2n) is 4.52. The molecule has 0 spiro atoms. The summed E-state index contributed by atoms with van der Waals surface area (Å²) in [5, 5.41) is 22.0. The molecule has 2 atom stereocenters. The molecule has 3 nitrogen and oxygen atoms in total. The van der Waals surface area contributed by atoms with Crippen molar-refractivity contribution < 1.29 is 10.2 Å². The summed E-state index contributed by atoms with van der Waals surface area (Å²) < 4.78 is 0. The molecule has 3 N–H and O–H groups in total. The molecule has 1 rings (SSSR count). The van der Waals surface area contributed by atoms with Crippen molar-refractivity contribution in [2.45, 2.75) is 32.9 Å². The summed E-state index contributed by atoms with van der Waals surface area (Å²) in [6, 6.07) is 7.39. The highest BCUT2D eigenvalue weighted by Gasteiger charge is 2.15. The van der Waals surface area contributed by atoms with Crippen molar-refractivity contribution in [3.63, 3.8) is 0 Å². The van der Waals surface area contributed by atoms with Gasteiger partial charge in [-0.25, -0.2) is 0 Å². The van der Waals surface area contributed by atoms with E-state index in [1.165, 1.54) is 0 Å². The van der Waals surface area contributed by atoms with E-state index in [0.717, 1.165) is 5.56 Å². The summed E-state index contributed by atoms with van der Waals surface area (Å²) in [4.78, 5) is 0. The van der Waals surface area contributed by atoms with Crippen molar-refractivity contribution in [2.24, 2.45) is 5.92 Å². The van der Waals surface area contributed by atoms with Gasteiger partial charge in [-0.3, -0.25) is 0 Å². The lowest BCUT2D eigenvalue weighted by atomic mass is 10.0. The molecule has 0 saturated carbocycles. The molecular formula is C13H21NO2. The molecule has 0 amide bonds. The molecular weight excluding hydrogens is 202 g/mol. The normalized spacial score (nSPS) is 15.1. The first-order valence-electron chi connectivity index (χ1n) is 5.70. The van der Waals surface area contributed by atoms with E-state index in [1.54, 1.807) is 12.1 Å². The Hall–Kier alpha value is -1.06. The van der Waals surface area contributed by atoms with E-state index in [2.05, 4.69) is 19.2 Å². The number of hydrogen-bond donors (Lipinski definition) is 3. The van der Waals surface area contributed by atoms with E-state index in [4.69, 9.17) is 0 Å². The van der Waals surface area contributed by atoms with Crippen LogP contribution in [0.5, 0.6) is 5.75 Å². The third-order valence-electron chi connectivity index (χ3n) is 2.84. The average Bonchev–Trinajstić information content (AvgIpc) is 2.25. The monoisotopic (exact) mass is 223 g/mol. The third-order valence-corrected chi connectivity index (χ3v) is 2.84. The first kappa shape index (κ1) is 13.0. The van der Waals surface area contributed by atoms with Gasteiger partial charge in [-0.05, 0) is 30.5 Å². The van der Waals surface area contributed by atoms with Crippen LogP contribution in [0.1, 0.15) is 32.4 Å². The number of aromatic hydroxyl groups is 1. The number of phenols is 1. The lowest BCUT2D eigenvalue weighted by Crippen LogP contribution is -2.38. The molecule has 3 heteroatoms. The maximum absolute atomic E-state index is 9.39. The summed E-state index contributed by atoms with van der Waals surface area (Å²) >= 11 is 0. The predicted octanol–water partition coefficient (Wildman–Crippen LogP) is 2.06. The molecule has 0 bridgehead atoms. The molecule has 0 radical (unpaired) electrons. The summed E-state index contributed by atoms with van der Waals surface area (Å²) in [7, 11) is 0. The molecule has 1 aromatic rings. The number of aliphatic hydroxyl groups is 1. The number of benzene rings is 1. The lowest BCUT2D eigenvalue weighted by molar-refractivity contribution is 0.201. The number of nitrogens with one attached hydrogen (secondary N) is 1. The van der Waals surface area contributed by atoms with Crippen molar-refractivity contribution in [1.82, 2.24) is 5.32 Å². The maximum atomic E-state index is 9.39. The van der Waals surface area contributed by atoms with Crippen LogP contribution < -0.4 is 5.32 Å². The van der Waals surface area contributed by atoms with Gasteiger partial charge in [0.25, 0.3) is 0 Å². The number of aliphatic hydroxyl groups excluding tert-OH is 1. The van der Waals surface area contributed by atoms with Gasteiger partial charge >= 0.3 is 0 Å². The van der Waals surface area contributed by atoms with E-state index >= 15 is 0 Å². The average molecular weight is 223 g/mol. The lowest BCUT2D eigenvalue weighted by Gasteiger charge is -2.25. The first-order chi connectivity index (χ1) is 7.54. The van der Waals surface area contributed by atoms with E-state index < -0.39 is 0 Å². The van der Waals surface area contributed by atoms with Gasteiger partial charge in [-0.1, -0.05) is 26.0 Å². The van der Waals surface area contributed by atoms with Crippen LogP contribution in [-0.4, -0.2) is 22.9 Å². The Morgan fingerprint density at radius 1 is 1.25 bits per heavy atom. The summed E-state index contributed by atoms with van der Waals surface area (Å²) in [5.74, 6) is 0.654. The van der Waals surface area contributed by atoms with Gasteiger partial charge in [-0.15, -0.1) is 0 Å². The molecule has 90 valence electrons. The van der Waals surface area contributed by atoms with Crippen molar-refractivity contribution in [3.05, 3.63) is 29.8 Å². The van der Waals surface area contributed by atoms with E-state index in [-0.39, 0.29) is 24.4 Å². The molecule has 0 aromatic heterocycles. The van der Waals surface area contributed by atoms with Gasteiger partial charge in [0.2, 0.25) is 0 Å². The largest absolute Gasteiger partial charge is 0.508 e. The summed E-state index contributed by atoms with van der Waals surface area (Å²) in [6.07, 6.45) is 0. The highest BCUT2D eigenvalue weighted by molar-refractivity contribution is 5.29. The fraction of sp³-hybridized carbons (Fsp3) is 0.538. The van der Waals surface area contributed by atoms with Gasteiger partial charge in [0.15, 0.2) is 0 Å². The summed E-state index contributed by atoms with van der Waals surface area (Å²) in [6.45, 7) is 6.30. The van der Waals surface area contributed by atoms with Gasteiger partial charge in [0.1, 0.15) is 5.75 Å². The smallest absolute Gasteiger partial charge is 0.115 e. The number of hydrogen-bond acceptors (Lipinski definition) is 3. The van der Waals surface area contributed by atoms with Gasteiger partial charge < -0.3 is 15.5 Å². The zero-order valence-electron chi connectivity index (χ0n) is 10.1. The molecule has 0 aliphatic heterocycles. The SMILES string of the molecule is CC(NC(CO)C(C)C)c1cccc(O)c1. The number of rotatable bonds is 5. The second kappa shape index (κ2) is 5.87. The molecule has 1 aromatic carbocycles. The fourth-order valence-corrected chi connectivity index (χ4v) is 1.67. The van der Waals surface area contributed by atoms with Crippen LogP contribution in [0.2, 0.25) is 0 Å². The molecule has 2 unspecified atom stereocenters. The number of phenolic OH excluding ortho intramolecular Hbond substituents is 1. The van der Waals surface area contributed by atoms with Crippen molar-refractivity contribution >= 4 is 0 Å². The van der Waals surface area contributed by atoms with Crippen LogP contribution >= 0.6 is 0 Å². The Balaban J connectivity index is 2.67. The third kappa shape index (κ3) is 3.51. The molecule has 0 aliphatic rings. The fourth-order valence-electron chi connectivity index (χ4n) is 1.67. The van der Waals surface area contributed by atoms with E-state index in [9.17, 15) is 10.2 Å². The predicted molar refractivity (Wildman–Crippen MR) is 65.4 cm³/mol. The summed E-state index contributed by atoms with van der Waals surface area (Å²) in [5.41, 5.74) is 1.03. The Labute approximate surface area is 97.1 Å². The quantitative estimate of drug-likeness (QED) is 0.716. The highest BCUT2D eigenvalue weighted by Crippen LogP contribution is 2.19. The maximum Gasteiger partial charge on any atom is 0.115 e.